The Morgan fingerprint density at radius 2 is 1.66 bits per heavy atom. The van der Waals surface area contributed by atoms with Crippen LogP contribution >= 0.6 is 23.2 Å². The first-order valence-electron chi connectivity index (χ1n) is 10.4. The molecule has 0 aliphatic heterocycles. The van der Waals surface area contributed by atoms with Gasteiger partial charge in [0.05, 0.1) is 38.8 Å². The summed E-state index contributed by atoms with van der Waals surface area (Å²) in [5.41, 5.74) is 1.55. The Morgan fingerprint density at radius 3 is 2.34 bits per heavy atom. The van der Waals surface area contributed by atoms with E-state index >= 15 is 0 Å². The van der Waals surface area contributed by atoms with Gasteiger partial charge in [0.2, 0.25) is 0 Å². The van der Waals surface area contributed by atoms with Crippen molar-refractivity contribution in [2.45, 2.75) is 11.8 Å². The van der Waals surface area contributed by atoms with Crippen LogP contribution < -0.4 is 4.31 Å². The molecule has 0 aliphatic rings. The minimum Gasteiger partial charge on any atom is -0.465 e. The summed E-state index contributed by atoms with van der Waals surface area (Å²) in [6, 6.07) is 17.6. The van der Waals surface area contributed by atoms with E-state index in [0.29, 0.717) is 10.9 Å². The lowest BCUT2D eigenvalue weighted by molar-refractivity contribution is 0.0603. The second-order valence-electron chi connectivity index (χ2n) is 7.71. The summed E-state index contributed by atoms with van der Waals surface area (Å²) in [5, 5.41) is 0.631. The van der Waals surface area contributed by atoms with Gasteiger partial charge in [0.15, 0.2) is 0 Å². The molecule has 7 nitrogen and oxygen atoms in total. The van der Waals surface area contributed by atoms with Crippen LogP contribution in [0.25, 0.3) is 10.9 Å². The number of fused-ring (bicyclic) bond motifs is 1. The fourth-order valence-electron chi connectivity index (χ4n) is 3.68. The molecule has 0 fully saturated rings. The van der Waals surface area contributed by atoms with Crippen LogP contribution in [-0.2, 0) is 14.8 Å². The van der Waals surface area contributed by atoms with Crippen LogP contribution in [0.3, 0.4) is 0 Å². The Kier molecular flexibility index (Phi) is 6.89. The summed E-state index contributed by atoms with van der Waals surface area (Å²) in [4.78, 5) is 25.8. The van der Waals surface area contributed by atoms with E-state index in [1.54, 1.807) is 42.5 Å². The molecule has 0 aliphatic carbocycles. The number of aryl methyl sites for hydroxylation is 1. The van der Waals surface area contributed by atoms with Crippen LogP contribution in [-0.4, -0.2) is 38.5 Å². The van der Waals surface area contributed by atoms with Crippen molar-refractivity contribution in [1.29, 1.82) is 0 Å². The maximum atomic E-state index is 13.7. The maximum Gasteiger partial charge on any atom is 0.340 e. The van der Waals surface area contributed by atoms with Gasteiger partial charge in [-0.3, -0.25) is 13.7 Å². The number of sulfonamides is 1. The van der Waals surface area contributed by atoms with Gasteiger partial charge in [-0.1, -0.05) is 65.2 Å². The van der Waals surface area contributed by atoms with Crippen LogP contribution in [0.5, 0.6) is 0 Å². The number of nitrogens with zero attached hydrogens (tertiary/aromatic N) is 2. The highest BCUT2D eigenvalue weighted by molar-refractivity contribution is 7.92. The van der Waals surface area contributed by atoms with Gasteiger partial charge in [0.25, 0.3) is 15.9 Å². The smallest absolute Gasteiger partial charge is 0.340 e. The summed E-state index contributed by atoms with van der Waals surface area (Å²) in [5.74, 6) is -1.22. The summed E-state index contributed by atoms with van der Waals surface area (Å²) < 4.78 is 34.4. The fraction of sp³-hybridized carbons (Fsp3) is 0.120. The van der Waals surface area contributed by atoms with Gasteiger partial charge >= 0.3 is 5.97 Å². The number of para-hydroxylation sites is 1. The molecule has 0 atom stereocenters. The number of aromatic nitrogens is 1. The molecule has 0 saturated carbocycles. The van der Waals surface area contributed by atoms with E-state index in [2.05, 4.69) is 0 Å². The highest BCUT2D eigenvalue weighted by atomic mass is 35.5. The summed E-state index contributed by atoms with van der Waals surface area (Å²) in [6.07, 6.45) is 1.34. The van der Waals surface area contributed by atoms with Gasteiger partial charge in [-0.15, -0.1) is 0 Å². The maximum absolute atomic E-state index is 13.7. The van der Waals surface area contributed by atoms with E-state index in [1.807, 2.05) is 6.92 Å². The molecule has 0 spiro atoms. The Labute approximate surface area is 212 Å². The molecule has 0 N–H and O–H groups in total. The van der Waals surface area contributed by atoms with Gasteiger partial charge in [0, 0.05) is 11.6 Å². The van der Waals surface area contributed by atoms with Crippen molar-refractivity contribution in [3.05, 3.63) is 94.1 Å². The monoisotopic (exact) mass is 530 g/mol. The number of halogens is 2. The lowest BCUT2D eigenvalue weighted by atomic mass is 10.2. The van der Waals surface area contributed by atoms with Crippen LogP contribution in [0, 0.1) is 6.92 Å². The van der Waals surface area contributed by atoms with E-state index < -0.39 is 28.4 Å². The highest BCUT2D eigenvalue weighted by Gasteiger charge is 2.30. The third-order valence-electron chi connectivity index (χ3n) is 5.47. The first-order valence-corrected chi connectivity index (χ1v) is 12.6. The van der Waals surface area contributed by atoms with E-state index in [0.717, 1.165) is 9.87 Å². The average Bonchev–Trinajstić information content (AvgIpc) is 3.24. The van der Waals surface area contributed by atoms with Crippen molar-refractivity contribution in [3.8, 4) is 0 Å². The molecule has 0 unspecified atom stereocenters. The normalized spacial score (nSPS) is 11.4. The minimum absolute atomic E-state index is 0.00901. The number of anilines is 1. The molecule has 4 aromatic rings. The van der Waals surface area contributed by atoms with Crippen LogP contribution in [0.1, 0.15) is 20.7 Å². The van der Waals surface area contributed by atoms with E-state index in [9.17, 15) is 18.0 Å². The molecule has 0 amide bonds. The van der Waals surface area contributed by atoms with E-state index in [4.69, 9.17) is 27.9 Å². The third-order valence-corrected chi connectivity index (χ3v) is 8.06. The molecule has 0 bridgehead atoms. The number of ether oxygens (including phenoxy) is 1. The Balaban J connectivity index is 1.84. The minimum atomic E-state index is -4.22. The second-order valence-corrected chi connectivity index (χ2v) is 10.4. The standard InChI is InChI=1S/C25H20Cl2N2O5S/c1-16-10-12-17(13-11-16)35(32,33)29(22-9-5-7-20(26)24(22)27)15-23(30)28-14-19(25(31)34-2)18-6-3-4-8-21(18)28/h3-14H,15H2,1-2H3. The number of carbonyl (C=O) groups excluding carboxylic acids is 2. The van der Waals surface area contributed by atoms with Crippen molar-refractivity contribution in [2.75, 3.05) is 18.0 Å². The van der Waals surface area contributed by atoms with E-state index in [-0.39, 0.29) is 26.2 Å². The number of methoxy groups -OCH3 is 1. The largest absolute Gasteiger partial charge is 0.465 e. The van der Waals surface area contributed by atoms with Crippen molar-refractivity contribution in [1.82, 2.24) is 4.57 Å². The molecular formula is C25H20Cl2N2O5S. The molecule has 10 heteroatoms. The fourth-order valence-corrected chi connectivity index (χ4v) is 5.55. The molecule has 0 saturated heterocycles. The van der Waals surface area contributed by atoms with Gasteiger partial charge < -0.3 is 4.74 Å². The van der Waals surface area contributed by atoms with Crippen molar-refractivity contribution < 1.29 is 22.7 Å². The van der Waals surface area contributed by atoms with Crippen LogP contribution in [0.15, 0.2) is 77.8 Å². The van der Waals surface area contributed by atoms with E-state index in [1.165, 1.54) is 42.1 Å². The number of hydrogen-bond acceptors (Lipinski definition) is 5. The third kappa shape index (κ3) is 4.65. The Hall–Kier alpha value is -3.33. The molecule has 0 radical (unpaired) electrons. The Morgan fingerprint density at radius 1 is 0.971 bits per heavy atom. The topological polar surface area (TPSA) is 85.7 Å². The highest BCUT2D eigenvalue weighted by Crippen LogP contribution is 2.35. The van der Waals surface area contributed by atoms with Gasteiger partial charge in [0.1, 0.15) is 6.54 Å². The van der Waals surface area contributed by atoms with Gasteiger partial charge in [-0.05, 0) is 37.3 Å². The zero-order valence-corrected chi connectivity index (χ0v) is 21.1. The molecule has 1 heterocycles. The quantitative estimate of drug-likeness (QED) is 0.304. The summed E-state index contributed by atoms with van der Waals surface area (Å²) in [6.45, 7) is 1.23. The molecule has 3 aromatic carbocycles. The van der Waals surface area contributed by atoms with Crippen LogP contribution in [0.2, 0.25) is 10.0 Å². The zero-order chi connectivity index (χ0) is 25.3. The number of carbonyl (C=O) groups is 2. The molecule has 35 heavy (non-hydrogen) atoms. The Bertz CT molecular complexity index is 1550. The SMILES string of the molecule is COC(=O)c1cn(C(=O)CN(c2cccc(Cl)c2Cl)S(=O)(=O)c2ccc(C)cc2)c2ccccc12. The summed E-state index contributed by atoms with van der Waals surface area (Å²) >= 11 is 12.5. The summed E-state index contributed by atoms with van der Waals surface area (Å²) in [7, 11) is -2.97. The second kappa shape index (κ2) is 9.73. The lowest BCUT2D eigenvalue weighted by Crippen LogP contribution is -2.37. The molecule has 1 aromatic heterocycles. The average molecular weight is 531 g/mol. The first-order chi connectivity index (χ1) is 16.6. The van der Waals surface area contributed by atoms with Crippen molar-refractivity contribution in [2.24, 2.45) is 0 Å². The number of hydrogen-bond donors (Lipinski definition) is 0. The number of benzene rings is 3. The van der Waals surface area contributed by atoms with Gasteiger partial charge in [-0.2, -0.15) is 0 Å². The van der Waals surface area contributed by atoms with Gasteiger partial charge in [-0.25, -0.2) is 13.2 Å². The molecule has 4 rings (SSSR count). The number of rotatable bonds is 6. The predicted octanol–water partition coefficient (Wildman–Crippen LogP) is 5.58. The zero-order valence-electron chi connectivity index (χ0n) is 18.7. The predicted molar refractivity (Wildman–Crippen MR) is 136 cm³/mol. The number of esters is 1. The lowest BCUT2D eigenvalue weighted by Gasteiger charge is -2.25. The first kappa shape index (κ1) is 24.8. The van der Waals surface area contributed by atoms with Crippen molar-refractivity contribution >= 4 is 61.7 Å². The molecular weight excluding hydrogens is 511 g/mol. The van der Waals surface area contributed by atoms with Crippen LogP contribution in [0.4, 0.5) is 5.69 Å². The van der Waals surface area contributed by atoms with Crippen molar-refractivity contribution in [3.63, 3.8) is 0 Å². The molecule has 180 valence electrons.